The first kappa shape index (κ1) is 29.8. The second kappa shape index (κ2) is 11.9. The summed E-state index contributed by atoms with van der Waals surface area (Å²) in [4.78, 5) is 7.47. The number of halogens is 4. The van der Waals surface area contributed by atoms with E-state index in [1.807, 2.05) is 0 Å². The van der Waals surface area contributed by atoms with E-state index >= 15 is 0 Å². The Kier molecular flexibility index (Phi) is 9.61. The van der Waals surface area contributed by atoms with Gasteiger partial charge in [0.05, 0.1) is 12.2 Å². The molecule has 37 heavy (non-hydrogen) atoms. The molecule has 3 rings (SSSR count). The van der Waals surface area contributed by atoms with Crippen molar-refractivity contribution < 1.29 is 37.2 Å². The van der Waals surface area contributed by atoms with Crippen LogP contribution in [0.25, 0.3) is 10.6 Å². The smallest absolute Gasteiger partial charge is 0.387 e. The molecule has 1 fully saturated rings. The molecular weight excluding hydrogens is 512 g/mol. The topological polar surface area (TPSA) is 75.0 Å². The van der Waals surface area contributed by atoms with Crippen molar-refractivity contribution in [1.82, 2.24) is 9.88 Å². The third-order valence-electron chi connectivity index (χ3n) is 6.59. The highest BCUT2D eigenvalue weighted by atomic mass is 32.1. The molecule has 2 aromatic rings. The molecule has 0 amide bonds. The maximum Gasteiger partial charge on any atom is 0.387 e. The van der Waals surface area contributed by atoms with Gasteiger partial charge in [-0.2, -0.15) is 8.78 Å². The number of aliphatic hydroxyl groups is 2. The van der Waals surface area contributed by atoms with Gasteiger partial charge in [-0.25, -0.2) is 13.8 Å². The molecule has 0 saturated carbocycles. The molecule has 1 aromatic carbocycles. The van der Waals surface area contributed by atoms with Crippen LogP contribution in [0.4, 0.5) is 17.6 Å². The zero-order valence-corrected chi connectivity index (χ0v) is 22.4. The molecular formula is C26H36F4N2O4S. The number of piperidine rings is 1. The Hall–Kier alpha value is -1.79. The number of likely N-dealkylation sites (tertiary alicyclic amines) is 1. The van der Waals surface area contributed by atoms with E-state index in [4.69, 9.17) is 4.74 Å². The molecule has 2 atom stereocenters. The van der Waals surface area contributed by atoms with Crippen molar-refractivity contribution in [2.75, 3.05) is 26.3 Å². The van der Waals surface area contributed by atoms with E-state index in [9.17, 15) is 27.8 Å². The quantitative estimate of drug-likeness (QED) is 0.280. The maximum absolute atomic E-state index is 13.4. The van der Waals surface area contributed by atoms with Crippen molar-refractivity contribution in [3.63, 3.8) is 0 Å². The minimum atomic E-state index is -2.99. The zero-order valence-electron chi connectivity index (χ0n) is 21.6. The van der Waals surface area contributed by atoms with Gasteiger partial charge in [0.15, 0.2) is 6.29 Å². The third-order valence-corrected chi connectivity index (χ3v) is 7.60. The van der Waals surface area contributed by atoms with E-state index < -0.39 is 30.8 Å². The van der Waals surface area contributed by atoms with Gasteiger partial charge >= 0.3 is 6.61 Å². The molecule has 11 heteroatoms. The lowest BCUT2D eigenvalue weighted by Gasteiger charge is -2.50. The summed E-state index contributed by atoms with van der Waals surface area (Å²) in [6.07, 6.45) is 0.688. The molecule has 0 radical (unpaired) electrons. The Morgan fingerprint density at radius 2 is 1.89 bits per heavy atom. The molecule has 6 nitrogen and oxygen atoms in total. The number of hydrogen-bond donors (Lipinski definition) is 2. The first-order valence-corrected chi connectivity index (χ1v) is 13.0. The van der Waals surface area contributed by atoms with Crippen LogP contribution in [-0.4, -0.2) is 65.2 Å². The minimum absolute atomic E-state index is 0.00233. The lowest BCUT2D eigenvalue weighted by atomic mass is 9.66. The standard InChI is InChI=1S/C26H36F4N2O4S/c1-24(2,3)17-9-26(10-21(33)34,16-35-15-25(4,29)30)14-32(12-17)13-18-11-31-22(37-18)19-7-5-6-8-20(19)36-23(27)28/h5-8,11,17,21,23,33-34H,9-10,12-16H2,1-4H3/t17-,26-/m1/s1. The lowest BCUT2D eigenvalue weighted by molar-refractivity contribution is -0.139. The summed E-state index contributed by atoms with van der Waals surface area (Å²) in [5, 5.41) is 20.3. The molecule has 0 unspecified atom stereocenters. The van der Waals surface area contributed by atoms with Crippen molar-refractivity contribution in [2.45, 2.75) is 65.9 Å². The average molecular weight is 549 g/mol. The summed E-state index contributed by atoms with van der Waals surface area (Å²) in [6.45, 7) is 5.01. The van der Waals surface area contributed by atoms with Crippen LogP contribution in [0.1, 0.15) is 45.4 Å². The number of alkyl halides is 4. The SMILES string of the molecule is CC(F)(F)COC[C@@]1(CC(O)O)C[C@@H](C(C)(C)C)CN(Cc2cnc(-c3ccccc3OC(F)F)s2)C1. The van der Waals surface area contributed by atoms with Gasteiger partial charge in [-0.1, -0.05) is 32.9 Å². The third kappa shape index (κ3) is 8.88. The van der Waals surface area contributed by atoms with E-state index in [0.717, 1.165) is 18.3 Å². The summed E-state index contributed by atoms with van der Waals surface area (Å²) in [6, 6.07) is 6.48. The lowest BCUT2D eigenvalue weighted by Crippen LogP contribution is -2.53. The van der Waals surface area contributed by atoms with Gasteiger partial charge in [-0.15, -0.1) is 11.3 Å². The van der Waals surface area contributed by atoms with Crippen LogP contribution in [0.2, 0.25) is 0 Å². The van der Waals surface area contributed by atoms with E-state index in [-0.39, 0.29) is 30.1 Å². The number of aliphatic hydroxyl groups excluding tert-OH is 1. The number of ether oxygens (including phenoxy) is 2. The molecule has 1 aliphatic rings. The maximum atomic E-state index is 13.4. The van der Waals surface area contributed by atoms with Crippen molar-refractivity contribution in [3.05, 3.63) is 35.3 Å². The highest BCUT2D eigenvalue weighted by Gasteiger charge is 2.45. The molecule has 0 bridgehead atoms. The fourth-order valence-corrected chi connectivity index (χ4v) is 5.90. The van der Waals surface area contributed by atoms with Crippen LogP contribution in [0.3, 0.4) is 0 Å². The monoisotopic (exact) mass is 548 g/mol. The van der Waals surface area contributed by atoms with E-state index in [0.29, 0.717) is 30.1 Å². The number of hydrogen-bond acceptors (Lipinski definition) is 7. The summed E-state index contributed by atoms with van der Waals surface area (Å²) < 4.78 is 62.7. The molecule has 1 aromatic heterocycles. The Balaban J connectivity index is 1.83. The van der Waals surface area contributed by atoms with Gasteiger partial charge < -0.3 is 19.7 Å². The van der Waals surface area contributed by atoms with Crippen LogP contribution >= 0.6 is 11.3 Å². The largest absolute Gasteiger partial charge is 0.434 e. The number of benzene rings is 1. The average Bonchev–Trinajstić information content (AvgIpc) is 3.19. The van der Waals surface area contributed by atoms with Gasteiger partial charge in [-0.3, -0.25) is 4.90 Å². The van der Waals surface area contributed by atoms with Crippen molar-refractivity contribution in [3.8, 4) is 16.3 Å². The fourth-order valence-electron chi connectivity index (χ4n) is 4.92. The van der Waals surface area contributed by atoms with E-state index in [1.54, 1.807) is 24.4 Å². The van der Waals surface area contributed by atoms with Crippen LogP contribution in [0, 0.1) is 16.7 Å². The molecule has 2 N–H and O–H groups in total. The fraction of sp³-hybridized carbons (Fsp3) is 0.654. The van der Waals surface area contributed by atoms with Crippen molar-refractivity contribution in [2.24, 2.45) is 16.7 Å². The second-order valence-corrected chi connectivity index (χ2v) is 12.3. The molecule has 0 aliphatic carbocycles. The zero-order chi connectivity index (χ0) is 27.4. The number of thiazole rings is 1. The van der Waals surface area contributed by atoms with E-state index in [1.165, 1.54) is 17.4 Å². The Morgan fingerprint density at radius 1 is 1.19 bits per heavy atom. The summed E-state index contributed by atoms with van der Waals surface area (Å²) in [5.74, 6) is -2.80. The van der Waals surface area contributed by atoms with Gasteiger partial charge in [0.2, 0.25) is 0 Å². The molecule has 208 valence electrons. The first-order chi connectivity index (χ1) is 17.2. The first-order valence-electron chi connectivity index (χ1n) is 12.2. The molecule has 1 aliphatic heterocycles. The van der Waals surface area contributed by atoms with Crippen LogP contribution in [0.15, 0.2) is 30.5 Å². The summed E-state index contributed by atoms with van der Waals surface area (Å²) in [5.41, 5.74) is -0.388. The van der Waals surface area contributed by atoms with Crippen molar-refractivity contribution >= 4 is 11.3 Å². The van der Waals surface area contributed by atoms with Gasteiger partial charge in [0.1, 0.15) is 17.4 Å². The Labute approximate surface area is 219 Å². The van der Waals surface area contributed by atoms with Crippen LogP contribution in [0.5, 0.6) is 5.75 Å². The summed E-state index contributed by atoms with van der Waals surface area (Å²) >= 11 is 1.36. The molecule has 2 heterocycles. The Bertz CT molecular complexity index is 1010. The normalized spacial score (nSPS) is 21.7. The van der Waals surface area contributed by atoms with Crippen LogP contribution in [-0.2, 0) is 11.3 Å². The number of aromatic nitrogens is 1. The highest BCUT2D eigenvalue weighted by molar-refractivity contribution is 7.15. The second-order valence-electron chi connectivity index (χ2n) is 11.2. The van der Waals surface area contributed by atoms with Crippen molar-refractivity contribution in [1.29, 1.82) is 0 Å². The molecule has 0 spiro atoms. The Morgan fingerprint density at radius 3 is 2.51 bits per heavy atom. The minimum Gasteiger partial charge on any atom is -0.434 e. The predicted octanol–water partition coefficient (Wildman–Crippen LogP) is 5.64. The summed E-state index contributed by atoms with van der Waals surface area (Å²) in [7, 11) is 0. The predicted molar refractivity (Wildman–Crippen MR) is 134 cm³/mol. The molecule has 1 saturated heterocycles. The number of para-hydroxylation sites is 1. The number of rotatable bonds is 11. The van der Waals surface area contributed by atoms with E-state index in [2.05, 4.69) is 35.4 Å². The van der Waals surface area contributed by atoms with Gasteiger partial charge in [-0.05, 0) is 29.9 Å². The van der Waals surface area contributed by atoms with Crippen LogP contribution < -0.4 is 4.74 Å². The highest BCUT2D eigenvalue weighted by Crippen LogP contribution is 2.45. The number of nitrogens with zero attached hydrogens (tertiary/aromatic N) is 2. The van der Waals surface area contributed by atoms with Gasteiger partial charge in [0, 0.05) is 49.5 Å². The van der Waals surface area contributed by atoms with Gasteiger partial charge in [0.25, 0.3) is 5.92 Å².